The summed E-state index contributed by atoms with van der Waals surface area (Å²) < 4.78 is 5.13. The SMILES string of the molecule is COc1ccc(C(C)NC(=O)C(N)Cc2ccccc2)cc1. The third kappa shape index (κ3) is 4.33. The van der Waals surface area contributed by atoms with Gasteiger partial charge in [0, 0.05) is 0 Å². The van der Waals surface area contributed by atoms with Gasteiger partial charge in [-0.05, 0) is 36.6 Å². The van der Waals surface area contributed by atoms with E-state index in [2.05, 4.69) is 5.32 Å². The number of nitrogens with one attached hydrogen (secondary N) is 1. The smallest absolute Gasteiger partial charge is 0.237 e. The lowest BCUT2D eigenvalue weighted by Crippen LogP contribution is -2.42. The largest absolute Gasteiger partial charge is 0.497 e. The van der Waals surface area contributed by atoms with E-state index in [4.69, 9.17) is 10.5 Å². The Labute approximate surface area is 131 Å². The molecule has 0 radical (unpaired) electrons. The molecule has 4 nitrogen and oxygen atoms in total. The minimum atomic E-state index is -0.553. The summed E-state index contributed by atoms with van der Waals surface area (Å²) in [6.07, 6.45) is 0.530. The van der Waals surface area contributed by atoms with Gasteiger partial charge < -0.3 is 15.8 Å². The fourth-order valence-corrected chi connectivity index (χ4v) is 2.26. The predicted molar refractivity (Wildman–Crippen MR) is 87.7 cm³/mol. The minimum Gasteiger partial charge on any atom is -0.497 e. The third-order valence-electron chi connectivity index (χ3n) is 3.61. The minimum absolute atomic E-state index is 0.0970. The third-order valence-corrected chi connectivity index (χ3v) is 3.61. The molecule has 0 spiro atoms. The normalized spacial score (nSPS) is 13.2. The maximum absolute atomic E-state index is 12.2. The molecule has 0 heterocycles. The summed E-state index contributed by atoms with van der Waals surface area (Å²) in [5, 5.41) is 2.95. The summed E-state index contributed by atoms with van der Waals surface area (Å²) in [6.45, 7) is 1.94. The summed E-state index contributed by atoms with van der Waals surface area (Å²) in [6, 6.07) is 16.8. The monoisotopic (exact) mass is 298 g/mol. The van der Waals surface area contributed by atoms with Crippen molar-refractivity contribution in [3.8, 4) is 5.75 Å². The number of nitrogens with two attached hydrogens (primary N) is 1. The lowest BCUT2D eigenvalue weighted by molar-refractivity contribution is -0.123. The average Bonchev–Trinajstić information content (AvgIpc) is 2.55. The Balaban J connectivity index is 1.92. The zero-order valence-electron chi connectivity index (χ0n) is 13.0. The van der Waals surface area contributed by atoms with E-state index in [9.17, 15) is 4.79 Å². The van der Waals surface area contributed by atoms with E-state index in [0.29, 0.717) is 6.42 Å². The summed E-state index contributed by atoms with van der Waals surface area (Å²) in [4.78, 5) is 12.2. The topological polar surface area (TPSA) is 64.3 Å². The van der Waals surface area contributed by atoms with Crippen LogP contribution in [0.4, 0.5) is 0 Å². The number of hydrogen-bond acceptors (Lipinski definition) is 3. The number of rotatable bonds is 6. The van der Waals surface area contributed by atoms with Crippen LogP contribution in [-0.2, 0) is 11.2 Å². The Morgan fingerprint density at radius 1 is 1.14 bits per heavy atom. The molecule has 1 amide bonds. The van der Waals surface area contributed by atoms with E-state index in [-0.39, 0.29) is 11.9 Å². The van der Waals surface area contributed by atoms with Gasteiger partial charge in [-0.1, -0.05) is 42.5 Å². The van der Waals surface area contributed by atoms with E-state index in [1.165, 1.54) is 0 Å². The fraction of sp³-hybridized carbons (Fsp3) is 0.278. The molecule has 2 aromatic rings. The van der Waals surface area contributed by atoms with Gasteiger partial charge in [0.15, 0.2) is 0 Å². The first kappa shape index (κ1) is 16.0. The molecular weight excluding hydrogens is 276 g/mol. The molecule has 2 atom stereocenters. The van der Waals surface area contributed by atoms with E-state index in [0.717, 1.165) is 16.9 Å². The Bertz CT molecular complexity index is 596. The van der Waals surface area contributed by atoms with Crippen molar-refractivity contribution in [1.82, 2.24) is 5.32 Å². The van der Waals surface area contributed by atoms with E-state index < -0.39 is 6.04 Å². The van der Waals surface area contributed by atoms with Gasteiger partial charge in [-0.2, -0.15) is 0 Å². The molecule has 0 saturated carbocycles. The van der Waals surface area contributed by atoms with Crippen molar-refractivity contribution in [3.05, 3.63) is 65.7 Å². The molecule has 0 aliphatic heterocycles. The summed E-state index contributed by atoms with van der Waals surface area (Å²) in [5.74, 6) is 0.648. The van der Waals surface area contributed by atoms with Crippen molar-refractivity contribution in [2.24, 2.45) is 5.73 Å². The fourth-order valence-electron chi connectivity index (χ4n) is 2.26. The maximum Gasteiger partial charge on any atom is 0.237 e. The number of methoxy groups -OCH3 is 1. The second-order valence-corrected chi connectivity index (χ2v) is 5.30. The molecule has 22 heavy (non-hydrogen) atoms. The van der Waals surface area contributed by atoms with Crippen molar-refractivity contribution in [2.75, 3.05) is 7.11 Å². The molecule has 0 bridgehead atoms. The van der Waals surface area contributed by atoms with Crippen molar-refractivity contribution >= 4 is 5.91 Å². The van der Waals surface area contributed by atoms with Crippen LogP contribution in [0.2, 0.25) is 0 Å². The van der Waals surface area contributed by atoms with Crippen LogP contribution in [0.1, 0.15) is 24.1 Å². The van der Waals surface area contributed by atoms with Crippen molar-refractivity contribution in [1.29, 1.82) is 0 Å². The molecule has 0 saturated heterocycles. The highest BCUT2D eigenvalue weighted by atomic mass is 16.5. The highest BCUT2D eigenvalue weighted by Gasteiger charge is 2.17. The molecule has 2 rings (SSSR count). The van der Waals surface area contributed by atoms with Gasteiger partial charge in [0.05, 0.1) is 19.2 Å². The molecule has 116 valence electrons. The van der Waals surface area contributed by atoms with E-state index in [1.807, 2.05) is 61.5 Å². The van der Waals surface area contributed by atoms with Gasteiger partial charge in [0.25, 0.3) is 0 Å². The van der Waals surface area contributed by atoms with Gasteiger partial charge in [-0.15, -0.1) is 0 Å². The van der Waals surface area contributed by atoms with Crippen molar-refractivity contribution in [2.45, 2.75) is 25.4 Å². The van der Waals surface area contributed by atoms with Crippen LogP contribution in [0.15, 0.2) is 54.6 Å². The van der Waals surface area contributed by atoms with Crippen molar-refractivity contribution < 1.29 is 9.53 Å². The zero-order valence-corrected chi connectivity index (χ0v) is 13.0. The summed E-state index contributed by atoms with van der Waals surface area (Å²) >= 11 is 0. The first-order valence-corrected chi connectivity index (χ1v) is 7.34. The molecule has 4 heteroatoms. The van der Waals surface area contributed by atoms with E-state index in [1.54, 1.807) is 7.11 Å². The van der Waals surface area contributed by atoms with E-state index >= 15 is 0 Å². The molecule has 0 aliphatic rings. The number of hydrogen-bond donors (Lipinski definition) is 2. The predicted octanol–water partition coefficient (Wildman–Crippen LogP) is 2.44. The highest BCUT2D eigenvalue weighted by Crippen LogP contribution is 2.17. The van der Waals surface area contributed by atoms with Gasteiger partial charge >= 0.3 is 0 Å². The molecule has 2 aromatic carbocycles. The lowest BCUT2D eigenvalue weighted by atomic mass is 10.0. The Morgan fingerprint density at radius 3 is 2.36 bits per heavy atom. The molecule has 0 fully saturated rings. The maximum atomic E-state index is 12.2. The standard InChI is InChI=1S/C18H22N2O2/c1-13(15-8-10-16(22-2)11-9-15)20-18(21)17(19)12-14-6-4-3-5-7-14/h3-11,13,17H,12,19H2,1-2H3,(H,20,21). The van der Waals surface area contributed by atoms with Crippen LogP contribution >= 0.6 is 0 Å². The second-order valence-electron chi connectivity index (χ2n) is 5.30. The van der Waals surface area contributed by atoms with Gasteiger partial charge in [0.2, 0.25) is 5.91 Å². The molecular formula is C18H22N2O2. The van der Waals surface area contributed by atoms with Gasteiger partial charge in [0.1, 0.15) is 5.75 Å². The Kier molecular flexibility index (Phi) is 5.55. The first-order valence-electron chi connectivity index (χ1n) is 7.34. The van der Waals surface area contributed by atoms with Crippen LogP contribution in [0.5, 0.6) is 5.75 Å². The quantitative estimate of drug-likeness (QED) is 0.861. The zero-order chi connectivity index (χ0) is 15.9. The summed E-state index contributed by atoms with van der Waals surface area (Å²) in [7, 11) is 1.63. The Hall–Kier alpha value is -2.33. The van der Waals surface area contributed by atoms with Gasteiger partial charge in [-0.25, -0.2) is 0 Å². The highest BCUT2D eigenvalue weighted by molar-refractivity contribution is 5.82. The van der Waals surface area contributed by atoms with Crippen LogP contribution in [0, 0.1) is 0 Å². The lowest BCUT2D eigenvalue weighted by Gasteiger charge is -2.18. The average molecular weight is 298 g/mol. The first-order chi connectivity index (χ1) is 10.6. The van der Waals surface area contributed by atoms with Crippen LogP contribution in [-0.4, -0.2) is 19.1 Å². The molecule has 2 unspecified atom stereocenters. The van der Waals surface area contributed by atoms with Crippen LogP contribution in [0.25, 0.3) is 0 Å². The van der Waals surface area contributed by atoms with Crippen molar-refractivity contribution in [3.63, 3.8) is 0 Å². The molecule has 0 aliphatic carbocycles. The molecule has 0 aromatic heterocycles. The number of benzene rings is 2. The number of carbonyl (C=O) groups excluding carboxylic acids is 1. The Morgan fingerprint density at radius 2 is 1.77 bits per heavy atom. The van der Waals surface area contributed by atoms with Crippen LogP contribution < -0.4 is 15.8 Å². The second kappa shape index (κ2) is 7.61. The molecule has 3 N–H and O–H groups in total. The number of carbonyl (C=O) groups is 1. The van der Waals surface area contributed by atoms with Gasteiger partial charge in [-0.3, -0.25) is 4.79 Å². The van der Waals surface area contributed by atoms with Crippen LogP contribution in [0.3, 0.4) is 0 Å². The number of ether oxygens (including phenoxy) is 1. The summed E-state index contributed by atoms with van der Waals surface area (Å²) in [5.41, 5.74) is 8.06. The number of amides is 1.